The van der Waals surface area contributed by atoms with E-state index in [4.69, 9.17) is 34.8 Å². The zero-order valence-electron chi connectivity index (χ0n) is 16.1. The van der Waals surface area contributed by atoms with Crippen molar-refractivity contribution in [1.29, 1.82) is 0 Å². The second kappa shape index (κ2) is 9.70. The number of hydrogen-bond donors (Lipinski definition) is 1. The van der Waals surface area contributed by atoms with Gasteiger partial charge in [-0.25, -0.2) is 0 Å². The number of rotatable bonds is 5. The van der Waals surface area contributed by atoms with Crippen LogP contribution in [0.15, 0.2) is 81.4 Å². The van der Waals surface area contributed by atoms with Gasteiger partial charge < -0.3 is 5.32 Å². The summed E-state index contributed by atoms with van der Waals surface area (Å²) >= 11 is 22.1. The summed E-state index contributed by atoms with van der Waals surface area (Å²) in [6, 6.07) is 19.2. The monoisotopic (exact) mass is 535 g/mol. The minimum atomic E-state index is -0.472. The van der Waals surface area contributed by atoms with E-state index in [1.165, 1.54) is 0 Å². The number of azo groups is 1. The third-order valence-electron chi connectivity index (χ3n) is 5.13. The summed E-state index contributed by atoms with van der Waals surface area (Å²) in [5, 5.41) is 13.5. The summed E-state index contributed by atoms with van der Waals surface area (Å²) < 4.78 is 1.00. The molecule has 1 N–H and O–H groups in total. The van der Waals surface area contributed by atoms with Crippen LogP contribution in [0.3, 0.4) is 0 Å². The number of halogens is 4. The van der Waals surface area contributed by atoms with Crippen LogP contribution in [0.25, 0.3) is 0 Å². The highest BCUT2D eigenvalue weighted by Crippen LogP contribution is 2.38. The number of carbonyl (C=O) groups excluding carboxylic acids is 1. The van der Waals surface area contributed by atoms with Crippen LogP contribution in [0, 0.1) is 0 Å². The molecule has 3 aromatic carbocycles. The molecule has 0 spiro atoms. The van der Waals surface area contributed by atoms with Crippen molar-refractivity contribution in [1.82, 2.24) is 5.32 Å². The number of hydrogen-bond acceptors (Lipinski definition) is 3. The molecule has 1 aliphatic rings. The minimum absolute atomic E-state index is 0.0882. The molecular weight excluding hydrogens is 521 g/mol. The van der Waals surface area contributed by atoms with E-state index in [2.05, 4.69) is 31.5 Å². The Hall–Kier alpha value is -1.92. The molecule has 0 aromatic heterocycles. The summed E-state index contributed by atoms with van der Waals surface area (Å²) in [5.74, 6) is -0.263. The molecule has 3 atom stereocenters. The maximum atomic E-state index is 13.0. The smallest absolute Gasteiger partial charge is 0.251 e. The predicted molar refractivity (Wildman–Crippen MR) is 128 cm³/mol. The molecule has 0 aliphatic carbocycles. The highest BCUT2D eigenvalue weighted by molar-refractivity contribution is 9.10. The van der Waals surface area contributed by atoms with Gasteiger partial charge in [0.1, 0.15) is 0 Å². The molecule has 4 nitrogen and oxygen atoms in total. The molecule has 0 bridgehead atoms. The lowest BCUT2D eigenvalue weighted by Gasteiger charge is -2.24. The third-order valence-corrected chi connectivity index (χ3v) is 6.46. The van der Waals surface area contributed by atoms with Gasteiger partial charge in [-0.3, -0.25) is 4.79 Å². The Morgan fingerprint density at radius 2 is 1.71 bits per heavy atom. The molecule has 31 heavy (non-hydrogen) atoms. The van der Waals surface area contributed by atoms with Crippen LogP contribution in [0.4, 0.5) is 0 Å². The molecular formula is C23H17BrCl3N3O. The quantitative estimate of drug-likeness (QED) is 0.354. The molecule has 1 aliphatic heterocycles. The summed E-state index contributed by atoms with van der Waals surface area (Å²) in [7, 11) is 0. The molecule has 158 valence electrons. The number of nitrogens with zero attached hydrogens (tertiary/aromatic N) is 2. The lowest BCUT2D eigenvalue weighted by atomic mass is 9.93. The van der Waals surface area contributed by atoms with Gasteiger partial charge in [-0.2, -0.15) is 10.2 Å². The van der Waals surface area contributed by atoms with E-state index < -0.39 is 6.04 Å². The van der Waals surface area contributed by atoms with Crippen LogP contribution in [0.5, 0.6) is 0 Å². The summed E-state index contributed by atoms with van der Waals surface area (Å²) in [6.07, 6.45) is 0.640. The fourth-order valence-electron chi connectivity index (χ4n) is 3.57. The second-order valence-electron chi connectivity index (χ2n) is 7.23. The Balaban J connectivity index is 1.62. The van der Waals surface area contributed by atoms with Gasteiger partial charge in [-0.15, -0.1) is 0 Å². The van der Waals surface area contributed by atoms with E-state index in [0.717, 1.165) is 15.6 Å². The SMILES string of the molecule is O=C(NC(c1ccc(Cl)cc1Cl)C1CC(c2ccc(Br)cc2)N=N1)c1cccc(Cl)c1. The molecule has 1 heterocycles. The molecule has 3 aromatic rings. The van der Waals surface area contributed by atoms with Crippen molar-refractivity contribution in [3.63, 3.8) is 0 Å². The molecule has 0 saturated carbocycles. The van der Waals surface area contributed by atoms with Crippen LogP contribution in [0.1, 0.15) is 40.0 Å². The van der Waals surface area contributed by atoms with Crippen molar-refractivity contribution in [3.05, 3.63) is 103 Å². The molecule has 1 amide bonds. The second-order valence-corrected chi connectivity index (χ2v) is 9.42. The van der Waals surface area contributed by atoms with Crippen molar-refractivity contribution >= 4 is 56.6 Å². The largest absolute Gasteiger partial charge is 0.343 e. The maximum Gasteiger partial charge on any atom is 0.251 e. The standard InChI is InChI=1S/C23H17BrCl3N3O/c24-15-6-4-13(5-7-15)20-12-21(30-29-20)22(18-9-8-17(26)11-19(18)27)28-23(31)14-2-1-3-16(25)10-14/h1-11,20-22H,12H2,(H,28,31). The van der Waals surface area contributed by atoms with Gasteiger partial charge in [0.15, 0.2) is 0 Å². The van der Waals surface area contributed by atoms with Gasteiger partial charge in [0.25, 0.3) is 5.91 Å². The Morgan fingerprint density at radius 1 is 0.968 bits per heavy atom. The predicted octanol–water partition coefficient (Wildman–Crippen LogP) is 7.85. The summed E-state index contributed by atoms with van der Waals surface area (Å²) in [4.78, 5) is 13.0. The number of benzene rings is 3. The molecule has 0 saturated heterocycles. The van der Waals surface area contributed by atoms with Crippen LogP contribution >= 0.6 is 50.7 Å². The highest BCUT2D eigenvalue weighted by Gasteiger charge is 2.33. The Kier molecular flexibility index (Phi) is 6.97. The van der Waals surface area contributed by atoms with E-state index in [1.54, 1.807) is 36.4 Å². The van der Waals surface area contributed by atoms with E-state index in [0.29, 0.717) is 27.1 Å². The first-order valence-corrected chi connectivity index (χ1v) is 11.5. The molecule has 3 unspecified atom stereocenters. The van der Waals surface area contributed by atoms with Gasteiger partial charge >= 0.3 is 0 Å². The normalized spacial score (nSPS) is 18.7. The number of nitrogens with one attached hydrogen (secondary N) is 1. The summed E-state index contributed by atoms with van der Waals surface area (Å²) in [6.45, 7) is 0. The first kappa shape index (κ1) is 22.3. The first-order chi connectivity index (χ1) is 14.9. The van der Waals surface area contributed by atoms with Gasteiger partial charge in [0.2, 0.25) is 0 Å². The average Bonchev–Trinajstić information content (AvgIpc) is 3.23. The molecule has 8 heteroatoms. The Morgan fingerprint density at radius 3 is 2.42 bits per heavy atom. The fraction of sp³-hybridized carbons (Fsp3) is 0.174. The lowest BCUT2D eigenvalue weighted by molar-refractivity contribution is 0.0930. The van der Waals surface area contributed by atoms with E-state index in [1.807, 2.05) is 30.3 Å². The summed E-state index contributed by atoms with van der Waals surface area (Å²) in [5.41, 5.74) is 2.26. The third kappa shape index (κ3) is 5.29. The first-order valence-electron chi connectivity index (χ1n) is 9.57. The Bertz CT molecular complexity index is 1140. The molecule has 0 fully saturated rings. The zero-order chi connectivity index (χ0) is 22.0. The minimum Gasteiger partial charge on any atom is -0.343 e. The van der Waals surface area contributed by atoms with Crippen LogP contribution < -0.4 is 5.32 Å². The van der Waals surface area contributed by atoms with Gasteiger partial charge in [0.05, 0.1) is 18.1 Å². The van der Waals surface area contributed by atoms with Gasteiger partial charge in [-0.1, -0.05) is 75.0 Å². The lowest BCUT2D eigenvalue weighted by Crippen LogP contribution is -2.35. The number of carbonyl (C=O) groups is 1. The van der Waals surface area contributed by atoms with E-state index in [-0.39, 0.29) is 18.0 Å². The van der Waals surface area contributed by atoms with Crippen LogP contribution in [0.2, 0.25) is 15.1 Å². The van der Waals surface area contributed by atoms with Gasteiger partial charge in [0, 0.05) is 31.5 Å². The average molecular weight is 538 g/mol. The number of amides is 1. The van der Waals surface area contributed by atoms with Crippen LogP contribution in [-0.4, -0.2) is 11.9 Å². The van der Waals surface area contributed by atoms with Gasteiger partial charge in [-0.05, 0) is 53.6 Å². The van der Waals surface area contributed by atoms with Crippen molar-refractivity contribution in [2.45, 2.75) is 24.5 Å². The van der Waals surface area contributed by atoms with Crippen molar-refractivity contribution in [3.8, 4) is 0 Å². The van der Waals surface area contributed by atoms with Crippen LogP contribution in [-0.2, 0) is 0 Å². The molecule has 0 radical (unpaired) electrons. The fourth-order valence-corrected chi connectivity index (χ4v) is 4.55. The zero-order valence-corrected chi connectivity index (χ0v) is 20.0. The maximum absolute atomic E-state index is 13.0. The van der Waals surface area contributed by atoms with E-state index in [9.17, 15) is 4.79 Å². The van der Waals surface area contributed by atoms with Crippen molar-refractivity contribution in [2.24, 2.45) is 10.2 Å². The van der Waals surface area contributed by atoms with Crippen molar-refractivity contribution < 1.29 is 4.79 Å². The Labute approximate surface area is 203 Å². The van der Waals surface area contributed by atoms with Crippen molar-refractivity contribution in [2.75, 3.05) is 0 Å². The van der Waals surface area contributed by atoms with E-state index >= 15 is 0 Å². The highest BCUT2D eigenvalue weighted by atomic mass is 79.9. The topological polar surface area (TPSA) is 53.8 Å². The molecule has 4 rings (SSSR count).